The number of sulfonamides is 1. The molecule has 0 radical (unpaired) electrons. The number of aliphatic hydroxyl groups excluding tert-OH is 1. The molecule has 3 N–H and O–H groups in total. The van der Waals surface area contributed by atoms with Gasteiger partial charge >= 0.3 is 0 Å². The van der Waals surface area contributed by atoms with E-state index >= 15 is 0 Å². The molecule has 1 aliphatic carbocycles. The van der Waals surface area contributed by atoms with Crippen LogP contribution in [0.3, 0.4) is 0 Å². The summed E-state index contributed by atoms with van der Waals surface area (Å²) in [5.74, 6) is 0. The molecular formula is C14H22N2O3S. The Balaban J connectivity index is 2.23. The van der Waals surface area contributed by atoms with Crippen LogP contribution in [-0.2, 0) is 16.6 Å². The van der Waals surface area contributed by atoms with Crippen molar-refractivity contribution >= 4 is 10.0 Å². The van der Waals surface area contributed by atoms with Crippen molar-refractivity contribution in [3.8, 4) is 0 Å². The van der Waals surface area contributed by atoms with Gasteiger partial charge < -0.3 is 10.8 Å². The molecular weight excluding hydrogens is 276 g/mol. The van der Waals surface area contributed by atoms with Crippen molar-refractivity contribution < 1.29 is 13.5 Å². The van der Waals surface area contributed by atoms with Crippen LogP contribution in [0.15, 0.2) is 29.2 Å². The highest BCUT2D eigenvalue weighted by Crippen LogP contribution is 2.30. The van der Waals surface area contributed by atoms with E-state index in [1.807, 2.05) is 0 Å². The van der Waals surface area contributed by atoms with E-state index in [0.717, 1.165) is 24.8 Å². The minimum atomic E-state index is -3.48. The third-order valence-corrected chi connectivity index (χ3v) is 5.75. The lowest BCUT2D eigenvalue weighted by molar-refractivity contribution is 0.198. The van der Waals surface area contributed by atoms with E-state index in [-0.39, 0.29) is 12.6 Å². The maximum atomic E-state index is 12.7. The smallest absolute Gasteiger partial charge is 0.243 e. The second-order valence-corrected chi connectivity index (χ2v) is 7.02. The number of nitrogens with zero attached hydrogens (tertiary/aromatic N) is 1. The molecule has 1 aromatic rings. The fourth-order valence-electron chi connectivity index (χ4n) is 2.33. The molecule has 6 heteroatoms. The lowest BCUT2D eigenvalue weighted by Gasteiger charge is -2.36. The molecule has 0 saturated heterocycles. The lowest BCUT2D eigenvalue weighted by Crippen LogP contribution is -2.44. The van der Waals surface area contributed by atoms with E-state index in [1.54, 1.807) is 28.6 Å². The topological polar surface area (TPSA) is 83.6 Å². The second kappa shape index (κ2) is 6.67. The maximum Gasteiger partial charge on any atom is 0.243 e. The summed E-state index contributed by atoms with van der Waals surface area (Å²) in [4.78, 5) is 0.305. The molecule has 0 aliphatic heterocycles. The first-order valence-electron chi connectivity index (χ1n) is 7.01. The minimum Gasteiger partial charge on any atom is -0.396 e. The first-order chi connectivity index (χ1) is 9.59. The van der Waals surface area contributed by atoms with Crippen LogP contribution in [-0.4, -0.2) is 37.0 Å². The Morgan fingerprint density at radius 3 is 2.35 bits per heavy atom. The van der Waals surface area contributed by atoms with Crippen LogP contribution in [0.2, 0.25) is 0 Å². The Labute approximate surface area is 120 Å². The van der Waals surface area contributed by atoms with Crippen molar-refractivity contribution in [3.63, 3.8) is 0 Å². The number of benzene rings is 1. The zero-order valence-corrected chi connectivity index (χ0v) is 12.3. The van der Waals surface area contributed by atoms with Crippen molar-refractivity contribution in [3.05, 3.63) is 29.8 Å². The SMILES string of the molecule is NCc1ccc(S(=O)(=O)N(CCCO)C2CCC2)cc1. The number of aliphatic hydroxyl groups is 1. The normalized spacial score (nSPS) is 16.4. The van der Waals surface area contributed by atoms with Crippen LogP contribution in [0.1, 0.15) is 31.2 Å². The molecule has 5 nitrogen and oxygen atoms in total. The molecule has 0 aromatic heterocycles. The van der Waals surface area contributed by atoms with Gasteiger partial charge in [0, 0.05) is 25.7 Å². The fraction of sp³-hybridized carbons (Fsp3) is 0.571. The highest BCUT2D eigenvalue weighted by Gasteiger charge is 2.34. The van der Waals surface area contributed by atoms with Gasteiger partial charge in [-0.1, -0.05) is 18.6 Å². The van der Waals surface area contributed by atoms with Crippen LogP contribution in [0, 0.1) is 0 Å². The summed E-state index contributed by atoms with van der Waals surface area (Å²) in [6, 6.07) is 6.81. The van der Waals surface area contributed by atoms with Crippen LogP contribution in [0.4, 0.5) is 0 Å². The summed E-state index contributed by atoms with van der Waals surface area (Å²) in [6.45, 7) is 0.782. The van der Waals surface area contributed by atoms with Crippen LogP contribution in [0.5, 0.6) is 0 Å². The third kappa shape index (κ3) is 3.20. The quantitative estimate of drug-likeness (QED) is 0.789. The Morgan fingerprint density at radius 1 is 1.25 bits per heavy atom. The maximum absolute atomic E-state index is 12.7. The minimum absolute atomic E-state index is 0.00481. The van der Waals surface area contributed by atoms with E-state index in [1.165, 1.54) is 0 Å². The van der Waals surface area contributed by atoms with Gasteiger partial charge in [-0.15, -0.1) is 0 Å². The number of rotatable bonds is 7. The van der Waals surface area contributed by atoms with Crippen molar-refractivity contribution in [2.24, 2.45) is 5.73 Å². The third-order valence-electron chi connectivity index (χ3n) is 3.78. The molecule has 0 heterocycles. The van der Waals surface area contributed by atoms with Gasteiger partial charge in [0.05, 0.1) is 4.90 Å². The zero-order chi connectivity index (χ0) is 14.6. The van der Waals surface area contributed by atoms with Gasteiger partial charge in [0.1, 0.15) is 0 Å². The van der Waals surface area contributed by atoms with Crippen LogP contribution < -0.4 is 5.73 Å². The number of nitrogens with two attached hydrogens (primary N) is 1. The largest absolute Gasteiger partial charge is 0.396 e. The molecule has 0 bridgehead atoms. The molecule has 0 amide bonds. The highest BCUT2D eigenvalue weighted by atomic mass is 32.2. The van der Waals surface area contributed by atoms with Gasteiger partial charge in [0.2, 0.25) is 10.0 Å². The molecule has 112 valence electrons. The Morgan fingerprint density at radius 2 is 1.90 bits per heavy atom. The van der Waals surface area contributed by atoms with Crippen molar-refractivity contribution in [2.75, 3.05) is 13.2 Å². The van der Waals surface area contributed by atoms with Gasteiger partial charge in [-0.05, 0) is 37.0 Å². The van der Waals surface area contributed by atoms with Crippen LogP contribution >= 0.6 is 0 Å². The molecule has 0 atom stereocenters. The lowest BCUT2D eigenvalue weighted by atomic mass is 9.93. The first kappa shape index (κ1) is 15.4. The van der Waals surface area contributed by atoms with Gasteiger partial charge in [-0.3, -0.25) is 0 Å². The molecule has 1 fully saturated rings. The Hall–Kier alpha value is -0.950. The summed E-state index contributed by atoms with van der Waals surface area (Å²) in [5.41, 5.74) is 6.44. The van der Waals surface area contributed by atoms with Gasteiger partial charge in [0.15, 0.2) is 0 Å². The molecule has 0 spiro atoms. The van der Waals surface area contributed by atoms with E-state index in [2.05, 4.69) is 0 Å². The predicted octanol–water partition coefficient (Wildman–Crippen LogP) is 1.07. The summed E-state index contributed by atoms with van der Waals surface area (Å²) in [5, 5.41) is 8.96. The summed E-state index contributed by atoms with van der Waals surface area (Å²) < 4.78 is 26.9. The number of hydrogen-bond donors (Lipinski definition) is 2. The van der Waals surface area contributed by atoms with Gasteiger partial charge in [0.25, 0.3) is 0 Å². The summed E-state index contributed by atoms with van der Waals surface area (Å²) in [6.07, 6.45) is 3.36. The summed E-state index contributed by atoms with van der Waals surface area (Å²) >= 11 is 0. The van der Waals surface area contributed by atoms with Crippen molar-refractivity contribution in [2.45, 2.75) is 43.2 Å². The fourth-order valence-corrected chi connectivity index (χ4v) is 4.06. The zero-order valence-electron chi connectivity index (χ0n) is 11.5. The van der Waals surface area contributed by atoms with Gasteiger partial charge in [-0.25, -0.2) is 8.42 Å². The molecule has 0 unspecified atom stereocenters. The first-order valence-corrected chi connectivity index (χ1v) is 8.45. The van der Waals surface area contributed by atoms with E-state index in [4.69, 9.17) is 10.8 Å². The van der Waals surface area contributed by atoms with Gasteiger partial charge in [-0.2, -0.15) is 4.31 Å². The molecule has 1 aliphatic rings. The number of hydrogen-bond acceptors (Lipinski definition) is 4. The van der Waals surface area contributed by atoms with E-state index in [0.29, 0.717) is 24.4 Å². The van der Waals surface area contributed by atoms with Crippen LogP contribution in [0.25, 0.3) is 0 Å². The van der Waals surface area contributed by atoms with E-state index in [9.17, 15) is 8.42 Å². The monoisotopic (exact) mass is 298 g/mol. The van der Waals surface area contributed by atoms with Crippen molar-refractivity contribution in [1.82, 2.24) is 4.31 Å². The Bertz CT molecular complexity index is 524. The highest BCUT2D eigenvalue weighted by molar-refractivity contribution is 7.89. The van der Waals surface area contributed by atoms with E-state index < -0.39 is 10.0 Å². The molecule has 20 heavy (non-hydrogen) atoms. The van der Waals surface area contributed by atoms with Crippen molar-refractivity contribution in [1.29, 1.82) is 0 Å². The average molecular weight is 298 g/mol. The Kier molecular flexibility index (Phi) is 5.15. The average Bonchev–Trinajstić information content (AvgIpc) is 2.41. The molecule has 2 rings (SSSR count). The summed E-state index contributed by atoms with van der Waals surface area (Å²) in [7, 11) is -3.48. The standard InChI is InChI=1S/C14H22N2O3S/c15-11-12-5-7-14(8-6-12)20(18,19)16(9-2-10-17)13-3-1-4-13/h5-8,13,17H,1-4,9-11,15H2. The molecule has 1 saturated carbocycles. The predicted molar refractivity (Wildman–Crippen MR) is 77.6 cm³/mol. The molecule has 1 aromatic carbocycles. The second-order valence-electron chi connectivity index (χ2n) is 5.13.